The lowest BCUT2D eigenvalue weighted by molar-refractivity contribution is 0.505. The molecule has 2 rings (SSSR count). The summed E-state index contributed by atoms with van der Waals surface area (Å²) in [5.41, 5.74) is -0.525. The highest BCUT2D eigenvalue weighted by atomic mass is 127. The van der Waals surface area contributed by atoms with Crippen LogP contribution in [0.25, 0.3) is 0 Å². The maximum absolute atomic E-state index is 13.2. The van der Waals surface area contributed by atoms with E-state index in [1.165, 1.54) is 16.8 Å². The zero-order chi connectivity index (χ0) is 15.6. The molecule has 4 nitrogen and oxygen atoms in total. The summed E-state index contributed by atoms with van der Waals surface area (Å²) in [4.78, 5) is 24.3. The van der Waals surface area contributed by atoms with Gasteiger partial charge in [0.2, 0.25) is 0 Å². The van der Waals surface area contributed by atoms with Crippen LogP contribution in [0.1, 0.15) is 18.9 Å². The smallest absolute Gasteiger partial charge is 0.299 e. The molecule has 0 unspecified atom stereocenters. The van der Waals surface area contributed by atoms with Crippen LogP contribution in [0, 0.1) is 15.2 Å². The third-order valence-electron chi connectivity index (χ3n) is 2.98. The highest BCUT2D eigenvalue weighted by Crippen LogP contribution is 2.09. The van der Waals surface area contributed by atoms with Crippen molar-refractivity contribution < 1.29 is 8.78 Å². The van der Waals surface area contributed by atoms with Crippen LogP contribution in [0.15, 0.2) is 34.0 Å². The Bertz CT molecular complexity index is 784. The van der Waals surface area contributed by atoms with E-state index in [4.69, 9.17) is 0 Å². The van der Waals surface area contributed by atoms with Gasteiger partial charge in [-0.05, 0) is 46.7 Å². The van der Waals surface area contributed by atoms with E-state index in [-0.39, 0.29) is 6.54 Å². The molecule has 0 radical (unpaired) electrons. The van der Waals surface area contributed by atoms with Gasteiger partial charge < -0.3 is 0 Å². The molecule has 1 aromatic carbocycles. The van der Waals surface area contributed by atoms with Crippen LogP contribution in [0.3, 0.4) is 0 Å². The summed E-state index contributed by atoms with van der Waals surface area (Å²) in [6, 6.07) is 3.33. The zero-order valence-electron chi connectivity index (χ0n) is 11.3. The van der Waals surface area contributed by atoms with Crippen LogP contribution in [0.4, 0.5) is 8.78 Å². The fourth-order valence-corrected chi connectivity index (χ4v) is 2.61. The minimum Gasteiger partial charge on any atom is -0.299 e. The van der Waals surface area contributed by atoms with Crippen molar-refractivity contribution in [3.63, 3.8) is 0 Å². The molecule has 0 atom stereocenters. The maximum atomic E-state index is 13.2. The van der Waals surface area contributed by atoms with Gasteiger partial charge in [-0.1, -0.05) is 13.0 Å². The van der Waals surface area contributed by atoms with E-state index in [1.807, 2.05) is 29.5 Å². The van der Waals surface area contributed by atoms with Crippen LogP contribution in [-0.4, -0.2) is 9.13 Å². The number of benzene rings is 1. The van der Waals surface area contributed by atoms with E-state index in [9.17, 15) is 18.4 Å². The van der Waals surface area contributed by atoms with Crippen LogP contribution in [0.2, 0.25) is 0 Å². The first kappa shape index (κ1) is 15.9. The van der Waals surface area contributed by atoms with E-state index in [1.54, 1.807) is 0 Å². The summed E-state index contributed by atoms with van der Waals surface area (Å²) in [5.74, 6) is -1.96. The van der Waals surface area contributed by atoms with Crippen LogP contribution in [0.5, 0.6) is 0 Å². The number of hydrogen-bond acceptors (Lipinski definition) is 2. The Kier molecular flexibility index (Phi) is 4.92. The molecule has 0 amide bonds. The molecule has 0 aliphatic rings. The molecule has 0 bridgehead atoms. The van der Waals surface area contributed by atoms with Gasteiger partial charge in [-0.3, -0.25) is 13.9 Å². The molecule has 0 spiro atoms. The number of aryl methyl sites for hydroxylation is 1. The Morgan fingerprint density at radius 3 is 2.52 bits per heavy atom. The normalized spacial score (nSPS) is 10.9. The topological polar surface area (TPSA) is 44.0 Å². The van der Waals surface area contributed by atoms with Crippen molar-refractivity contribution in [1.29, 1.82) is 0 Å². The average Bonchev–Trinajstić information content (AvgIpc) is 2.45. The van der Waals surface area contributed by atoms with Crippen LogP contribution >= 0.6 is 22.6 Å². The largest absolute Gasteiger partial charge is 0.331 e. The van der Waals surface area contributed by atoms with Gasteiger partial charge in [0.25, 0.3) is 5.56 Å². The number of hydrogen-bond donors (Lipinski definition) is 0. The molecule has 1 heterocycles. The molecule has 0 fully saturated rings. The molecule has 0 aliphatic carbocycles. The summed E-state index contributed by atoms with van der Waals surface area (Å²) in [6.07, 6.45) is 2.26. The molecule has 112 valence electrons. The first-order valence-corrected chi connectivity index (χ1v) is 7.45. The van der Waals surface area contributed by atoms with Gasteiger partial charge in [0.05, 0.1) is 10.1 Å². The minimum absolute atomic E-state index is 0.0879. The van der Waals surface area contributed by atoms with Gasteiger partial charge in [-0.15, -0.1) is 0 Å². The third-order valence-corrected chi connectivity index (χ3v) is 3.72. The van der Waals surface area contributed by atoms with Gasteiger partial charge in [0, 0.05) is 12.7 Å². The SMILES string of the molecule is CCCn1cc(I)c(=O)n(Cc2ccc(F)c(F)c2)c1=O. The molecule has 0 saturated heterocycles. The predicted octanol–water partition coefficient (Wildman–Crippen LogP) is 2.35. The fraction of sp³-hybridized carbons (Fsp3) is 0.286. The monoisotopic (exact) mass is 406 g/mol. The second-order valence-corrected chi connectivity index (χ2v) is 5.75. The minimum atomic E-state index is -1.000. The predicted molar refractivity (Wildman–Crippen MR) is 83.4 cm³/mol. The van der Waals surface area contributed by atoms with Gasteiger partial charge in [-0.25, -0.2) is 13.6 Å². The quantitative estimate of drug-likeness (QED) is 0.732. The van der Waals surface area contributed by atoms with Gasteiger partial charge in [-0.2, -0.15) is 0 Å². The Hall–Kier alpha value is -1.51. The number of halogens is 3. The first-order chi connectivity index (χ1) is 9.93. The molecular weight excluding hydrogens is 393 g/mol. The Morgan fingerprint density at radius 2 is 1.90 bits per heavy atom. The lowest BCUT2D eigenvalue weighted by Crippen LogP contribution is -2.41. The molecule has 2 aromatic rings. The molecule has 1 aromatic heterocycles. The summed E-state index contributed by atoms with van der Waals surface area (Å²) < 4.78 is 29.0. The van der Waals surface area contributed by atoms with Crippen molar-refractivity contribution in [3.05, 3.63) is 66.0 Å². The van der Waals surface area contributed by atoms with Crippen LogP contribution < -0.4 is 11.2 Å². The number of aromatic nitrogens is 2. The van der Waals surface area contributed by atoms with Crippen molar-refractivity contribution in [2.45, 2.75) is 26.4 Å². The summed E-state index contributed by atoms with van der Waals surface area (Å²) in [7, 11) is 0. The van der Waals surface area contributed by atoms with E-state index >= 15 is 0 Å². The highest BCUT2D eigenvalue weighted by Gasteiger charge is 2.11. The average molecular weight is 406 g/mol. The van der Waals surface area contributed by atoms with E-state index in [0.717, 1.165) is 23.1 Å². The zero-order valence-corrected chi connectivity index (χ0v) is 13.4. The van der Waals surface area contributed by atoms with E-state index < -0.39 is 22.9 Å². The van der Waals surface area contributed by atoms with Gasteiger partial charge >= 0.3 is 5.69 Å². The summed E-state index contributed by atoms with van der Waals surface area (Å²) in [6.45, 7) is 2.33. The molecule has 0 N–H and O–H groups in total. The van der Waals surface area contributed by atoms with Crippen molar-refractivity contribution in [2.75, 3.05) is 0 Å². The van der Waals surface area contributed by atoms with Gasteiger partial charge in [0.1, 0.15) is 0 Å². The van der Waals surface area contributed by atoms with Gasteiger partial charge in [0.15, 0.2) is 11.6 Å². The second kappa shape index (κ2) is 6.50. The van der Waals surface area contributed by atoms with Crippen molar-refractivity contribution in [2.24, 2.45) is 0 Å². The van der Waals surface area contributed by atoms with Crippen molar-refractivity contribution in [3.8, 4) is 0 Å². The summed E-state index contributed by atoms with van der Waals surface area (Å²) >= 11 is 1.86. The Labute approximate surface area is 133 Å². The second-order valence-electron chi connectivity index (χ2n) is 4.59. The Morgan fingerprint density at radius 1 is 1.19 bits per heavy atom. The van der Waals surface area contributed by atoms with E-state index in [0.29, 0.717) is 15.7 Å². The lowest BCUT2D eigenvalue weighted by atomic mass is 10.2. The van der Waals surface area contributed by atoms with Crippen LogP contribution in [-0.2, 0) is 13.1 Å². The highest BCUT2D eigenvalue weighted by molar-refractivity contribution is 14.1. The number of rotatable bonds is 4. The molecule has 7 heteroatoms. The third kappa shape index (κ3) is 3.39. The maximum Gasteiger partial charge on any atom is 0.331 e. The lowest BCUT2D eigenvalue weighted by Gasteiger charge is -2.10. The van der Waals surface area contributed by atoms with E-state index in [2.05, 4.69) is 0 Å². The molecular formula is C14H13F2IN2O2. The standard InChI is InChI=1S/C14H13F2IN2O2/c1-2-5-18-8-12(17)13(20)19(14(18)21)7-9-3-4-10(15)11(16)6-9/h3-4,6,8H,2,5,7H2,1H3. The fourth-order valence-electron chi connectivity index (χ4n) is 1.98. The summed E-state index contributed by atoms with van der Waals surface area (Å²) in [5, 5.41) is 0. The molecule has 0 saturated carbocycles. The number of nitrogens with zero attached hydrogens (tertiary/aromatic N) is 2. The molecule has 21 heavy (non-hydrogen) atoms. The molecule has 0 aliphatic heterocycles. The Balaban J connectivity index is 2.50. The van der Waals surface area contributed by atoms with Crippen molar-refractivity contribution in [1.82, 2.24) is 9.13 Å². The van der Waals surface area contributed by atoms with Crippen molar-refractivity contribution >= 4 is 22.6 Å². The first-order valence-electron chi connectivity index (χ1n) is 6.37.